The van der Waals surface area contributed by atoms with Crippen molar-refractivity contribution >= 4 is 23.2 Å². The van der Waals surface area contributed by atoms with E-state index in [2.05, 4.69) is 15.7 Å². The van der Waals surface area contributed by atoms with Crippen LogP contribution in [-0.4, -0.2) is 28.2 Å². The summed E-state index contributed by atoms with van der Waals surface area (Å²) >= 11 is 0. The molecule has 0 aliphatic carbocycles. The fraction of sp³-hybridized carbons (Fsp3) is 0.148. The van der Waals surface area contributed by atoms with Crippen LogP contribution < -0.4 is 15.4 Å². The third-order valence-electron chi connectivity index (χ3n) is 5.35. The molecule has 0 atom stereocenters. The van der Waals surface area contributed by atoms with Gasteiger partial charge >= 0.3 is 0 Å². The highest BCUT2D eigenvalue weighted by Crippen LogP contribution is 2.20. The number of ether oxygens (including phenoxy) is 1. The highest BCUT2D eigenvalue weighted by atomic mass is 19.1. The first-order chi connectivity index (χ1) is 17.0. The van der Waals surface area contributed by atoms with Gasteiger partial charge in [0, 0.05) is 16.9 Å². The molecule has 8 heteroatoms. The van der Waals surface area contributed by atoms with Gasteiger partial charge in [0.05, 0.1) is 29.7 Å². The van der Waals surface area contributed by atoms with Crippen LogP contribution in [0.1, 0.15) is 40.3 Å². The van der Waals surface area contributed by atoms with E-state index >= 15 is 0 Å². The van der Waals surface area contributed by atoms with E-state index in [1.54, 1.807) is 65.3 Å². The van der Waals surface area contributed by atoms with Gasteiger partial charge in [-0.2, -0.15) is 5.10 Å². The van der Waals surface area contributed by atoms with Crippen LogP contribution in [0.5, 0.6) is 5.75 Å². The summed E-state index contributed by atoms with van der Waals surface area (Å²) in [7, 11) is 0. The standard InChI is InChI=1S/C27H25FN4O3/c1-3-25-24(17-29-32(25)22-13-7-19(28)8-14-22)27(34)31-20-9-5-18(6-10-20)26(33)30-21-11-15-23(16-12-21)35-4-2/h5-17H,3-4H2,1-2H3,(H,30,33)(H,31,34). The lowest BCUT2D eigenvalue weighted by atomic mass is 10.1. The number of rotatable bonds is 8. The molecule has 1 aromatic heterocycles. The maximum absolute atomic E-state index is 13.3. The zero-order chi connectivity index (χ0) is 24.8. The number of aromatic nitrogens is 2. The summed E-state index contributed by atoms with van der Waals surface area (Å²) < 4.78 is 20.3. The molecule has 2 N–H and O–H groups in total. The van der Waals surface area contributed by atoms with Gasteiger partial charge in [0.15, 0.2) is 0 Å². The molecule has 0 saturated carbocycles. The average Bonchev–Trinajstić information content (AvgIpc) is 3.30. The van der Waals surface area contributed by atoms with E-state index in [1.165, 1.54) is 18.3 Å². The fourth-order valence-corrected chi connectivity index (χ4v) is 3.62. The van der Waals surface area contributed by atoms with Crippen molar-refractivity contribution in [2.75, 3.05) is 17.2 Å². The smallest absolute Gasteiger partial charge is 0.259 e. The Morgan fingerprint density at radius 2 is 1.46 bits per heavy atom. The van der Waals surface area contributed by atoms with Crippen molar-refractivity contribution in [2.24, 2.45) is 0 Å². The minimum absolute atomic E-state index is 0.263. The molecule has 0 fully saturated rings. The van der Waals surface area contributed by atoms with Gasteiger partial charge in [0.25, 0.3) is 11.8 Å². The van der Waals surface area contributed by atoms with Crippen LogP contribution in [-0.2, 0) is 6.42 Å². The van der Waals surface area contributed by atoms with Crippen LogP contribution in [0.3, 0.4) is 0 Å². The Hall–Kier alpha value is -4.46. The highest BCUT2D eigenvalue weighted by molar-refractivity contribution is 6.06. The van der Waals surface area contributed by atoms with Crippen molar-refractivity contribution in [3.05, 3.63) is 102 Å². The molecule has 178 valence electrons. The molecule has 0 radical (unpaired) electrons. The molecule has 0 spiro atoms. The molecule has 0 bridgehead atoms. The van der Waals surface area contributed by atoms with Crippen molar-refractivity contribution < 1.29 is 18.7 Å². The number of hydrogen-bond donors (Lipinski definition) is 2. The Morgan fingerprint density at radius 1 is 0.857 bits per heavy atom. The molecule has 1 heterocycles. The summed E-state index contributed by atoms with van der Waals surface area (Å²) in [6.07, 6.45) is 2.06. The second-order valence-electron chi connectivity index (χ2n) is 7.69. The monoisotopic (exact) mass is 472 g/mol. The zero-order valence-corrected chi connectivity index (χ0v) is 19.4. The Kier molecular flexibility index (Phi) is 7.21. The van der Waals surface area contributed by atoms with Gasteiger partial charge in [0.2, 0.25) is 0 Å². The van der Waals surface area contributed by atoms with Gasteiger partial charge in [0.1, 0.15) is 11.6 Å². The summed E-state index contributed by atoms with van der Waals surface area (Å²) in [6.45, 7) is 4.40. The number of nitrogens with one attached hydrogen (secondary N) is 2. The minimum atomic E-state index is -0.339. The highest BCUT2D eigenvalue weighted by Gasteiger charge is 2.18. The molecule has 7 nitrogen and oxygen atoms in total. The van der Waals surface area contributed by atoms with Crippen molar-refractivity contribution in [2.45, 2.75) is 20.3 Å². The van der Waals surface area contributed by atoms with E-state index < -0.39 is 0 Å². The van der Waals surface area contributed by atoms with Crippen molar-refractivity contribution in [3.63, 3.8) is 0 Å². The van der Waals surface area contributed by atoms with Crippen LogP contribution in [0.2, 0.25) is 0 Å². The van der Waals surface area contributed by atoms with E-state index in [-0.39, 0.29) is 17.6 Å². The molecule has 0 saturated heterocycles. The molecular formula is C27H25FN4O3. The number of amides is 2. The Bertz CT molecular complexity index is 1310. The summed E-state index contributed by atoms with van der Waals surface area (Å²) in [4.78, 5) is 25.5. The lowest BCUT2D eigenvalue weighted by Crippen LogP contribution is -2.15. The maximum Gasteiger partial charge on any atom is 0.259 e. The number of anilines is 2. The summed E-state index contributed by atoms with van der Waals surface area (Å²) in [5.74, 6) is -0.184. The van der Waals surface area contributed by atoms with Crippen LogP contribution in [0.25, 0.3) is 5.69 Å². The van der Waals surface area contributed by atoms with Crippen molar-refractivity contribution in [3.8, 4) is 11.4 Å². The van der Waals surface area contributed by atoms with Gasteiger partial charge in [-0.3, -0.25) is 9.59 Å². The second kappa shape index (κ2) is 10.6. The topological polar surface area (TPSA) is 85.2 Å². The largest absolute Gasteiger partial charge is 0.494 e. The first-order valence-corrected chi connectivity index (χ1v) is 11.3. The minimum Gasteiger partial charge on any atom is -0.494 e. The van der Waals surface area contributed by atoms with Crippen LogP contribution in [0.15, 0.2) is 79.0 Å². The van der Waals surface area contributed by atoms with Gasteiger partial charge in [-0.05, 0) is 86.1 Å². The van der Waals surface area contributed by atoms with Gasteiger partial charge in [-0.1, -0.05) is 6.92 Å². The molecule has 4 aromatic rings. The predicted octanol–water partition coefficient (Wildman–Crippen LogP) is 5.48. The average molecular weight is 473 g/mol. The first kappa shape index (κ1) is 23.7. The number of hydrogen-bond acceptors (Lipinski definition) is 4. The number of carbonyl (C=O) groups excluding carboxylic acids is 2. The molecule has 0 aliphatic heterocycles. The molecule has 0 unspecified atom stereocenters. The van der Waals surface area contributed by atoms with Crippen LogP contribution in [0, 0.1) is 5.82 Å². The van der Waals surface area contributed by atoms with E-state index in [9.17, 15) is 14.0 Å². The number of halogens is 1. The zero-order valence-electron chi connectivity index (χ0n) is 19.4. The molecule has 35 heavy (non-hydrogen) atoms. The molecule has 0 aliphatic rings. The molecular weight excluding hydrogens is 447 g/mol. The molecule has 4 rings (SSSR count). The third-order valence-corrected chi connectivity index (χ3v) is 5.35. The Labute approximate surface area is 202 Å². The van der Waals surface area contributed by atoms with Crippen molar-refractivity contribution in [1.29, 1.82) is 0 Å². The third kappa shape index (κ3) is 5.55. The lowest BCUT2D eigenvalue weighted by Gasteiger charge is -2.10. The number of carbonyl (C=O) groups is 2. The molecule has 3 aromatic carbocycles. The van der Waals surface area contributed by atoms with E-state index in [1.807, 2.05) is 13.8 Å². The lowest BCUT2D eigenvalue weighted by molar-refractivity contribution is 0.101. The second-order valence-corrected chi connectivity index (χ2v) is 7.69. The summed E-state index contributed by atoms with van der Waals surface area (Å²) in [5, 5.41) is 9.99. The van der Waals surface area contributed by atoms with E-state index in [0.717, 1.165) is 5.75 Å². The van der Waals surface area contributed by atoms with E-state index in [4.69, 9.17) is 4.74 Å². The number of benzene rings is 3. The molecule has 2 amide bonds. The predicted molar refractivity (Wildman–Crippen MR) is 133 cm³/mol. The fourth-order valence-electron chi connectivity index (χ4n) is 3.62. The van der Waals surface area contributed by atoms with E-state index in [0.29, 0.717) is 46.9 Å². The Morgan fingerprint density at radius 3 is 2.06 bits per heavy atom. The van der Waals surface area contributed by atoms with Gasteiger partial charge in [-0.25, -0.2) is 9.07 Å². The van der Waals surface area contributed by atoms with Crippen molar-refractivity contribution in [1.82, 2.24) is 9.78 Å². The van der Waals surface area contributed by atoms with Crippen LogP contribution in [0.4, 0.5) is 15.8 Å². The maximum atomic E-state index is 13.3. The SMILES string of the molecule is CCOc1ccc(NC(=O)c2ccc(NC(=O)c3cnn(-c4ccc(F)cc4)c3CC)cc2)cc1. The Balaban J connectivity index is 1.42. The van der Waals surface area contributed by atoms with Crippen LogP contribution >= 0.6 is 0 Å². The number of nitrogens with zero attached hydrogens (tertiary/aromatic N) is 2. The van der Waals surface area contributed by atoms with Gasteiger partial charge < -0.3 is 15.4 Å². The normalized spacial score (nSPS) is 10.6. The van der Waals surface area contributed by atoms with Gasteiger partial charge in [-0.15, -0.1) is 0 Å². The summed E-state index contributed by atoms with van der Waals surface area (Å²) in [5.41, 5.74) is 3.46. The quantitative estimate of drug-likeness (QED) is 0.356. The summed E-state index contributed by atoms with van der Waals surface area (Å²) in [6, 6.07) is 19.7. The first-order valence-electron chi connectivity index (χ1n) is 11.3.